The highest BCUT2D eigenvalue weighted by Gasteiger charge is 2.44. The molecule has 0 saturated carbocycles. The summed E-state index contributed by atoms with van der Waals surface area (Å²) in [7, 11) is -3.56. The molecule has 0 radical (unpaired) electrons. The van der Waals surface area contributed by atoms with Gasteiger partial charge in [-0.1, -0.05) is 18.2 Å². The summed E-state index contributed by atoms with van der Waals surface area (Å²) in [6.45, 7) is 0.311. The van der Waals surface area contributed by atoms with Crippen molar-refractivity contribution in [3.05, 3.63) is 48.5 Å². The van der Waals surface area contributed by atoms with Crippen molar-refractivity contribution < 1.29 is 17.2 Å². The predicted molar refractivity (Wildman–Crippen MR) is 104 cm³/mol. The second-order valence-corrected chi connectivity index (χ2v) is 9.36. The van der Waals surface area contributed by atoms with Crippen LogP contribution in [0.1, 0.15) is 6.42 Å². The Hall–Kier alpha value is -2.45. The van der Waals surface area contributed by atoms with Crippen molar-refractivity contribution in [1.29, 1.82) is 0 Å². The van der Waals surface area contributed by atoms with Gasteiger partial charge in [-0.2, -0.15) is 4.31 Å². The van der Waals surface area contributed by atoms with E-state index in [-0.39, 0.29) is 18.0 Å². The second-order valence-electron chi connectivity index (χ2n) is 7.42. The number of hydrogen-bond donors (Lipinski definition) is 1. The van der Waals surface area contributed by atoms with Crippen molar-refractivity contribution in [2.45, 2.75) is 17.2 Å². The van der Waals surface area contributed by atoms with Crippen LogP contribution < -0.4 is 4.90 Å². The summed E-state index contributed by atoms with van der Waals surface area (Å²) in [5, 5.41) is 0.980. The number of H-pyrrole nitrogens is 1. The highest BCUT2D eigenvalue weighted by atomic mass is 32.2. The highest BCUT2D eigenvalue weighted by Crippen LogP contribution is 2.40. The van der Waals surface area contributed by atoms with Crippen LogP contribution >= 0.6 is 0 Å². The Morgan fingerprint density at radius 3 is 2.39 bits per heavy atom. The van der Waals surface area contributed by atoms with Gasteiger partial charge in [0.2, 0.25) is 10.0 Å². The molecule has 2 aromatic carbocycles. The molecule has 3 aromatic rings. The predicted octanol–water partition coefficient (Wildman–Crippen LogP) is 3.68. The minimum Gasteiger partial charge on any atom is -0.359 e. The molecule has 5 rings (SSSR count). The number of rotatable bonds is 4. The summed E-state index contributed by atoms with van der Waals surface area (Å²) in [6, 6.07) is 14.4. The maximum Gasteiger partial charge on any atom is 0.282 e. The van der Waals surface area contributed by atoms with E-state index < -0.39 is 15.9 Å². The molecule has 3 heterocycles. The van der Waals surface area contributed by atoms with Crippen LogP contribution in [0.2, 0.25) is 0 Å². The van der Waals surface area contributed by atoms with Gasteiger partial charge >= 0.3 is 0 Å². The van der Waals surface area contributed by atoms with Crippen LogP contribution in [0, 0.1) is 0 Å². The summed E-state index contributed by atoms with van der Waals surface area (Å²) in [6.07, 6.45) is 0.856. The topological polar surface area (TPSA) is 56.4 Å². The van der Waals surface area contributed by atoms with Crippen molar-refractivity contribution in [3.8, 4) is 11.3 Å². The lowest BCUT2D eigenvalue weighted by Crippen LogP contribution is -2.56. The van der Waals surface area contributed by atoms with Crippen LogP contribution in [0.3, 0.4) is 0 Å². The zero-order chi connectivity index (χ0) is 19.5. The van der Waals surface area contributed by atoms with Crippen molar-refractivity contribution in [1.82, 2.24) is 9.29 Å². The molecule has 2 fully saturated rings. The Morgan fingerprint density at radius 1 is 1.00 bits per heavy atom. The van der Waals surface area contributed by atoms with E-state index in [4.69, 9.17) is 0 Å². The number of fused-ring (bicyclic) bond motifs is 1. The molecule has 5 nitrogen and oxygen atoms in total. The van der Waals surface area contributed by atoms with Gasteiger partial charge in [-0.05, 0) is 36.8 Å². The number of benzene rings is 2. The summed E-state index contributed by atoms with van der Waals surface area (Å²) in [5.74, 6) is -2.71. The quantitative estimate of drug-likeness (QED) is 0.723. The zero-order valence-electron chi connectivity index (χ0n) is 15.0. The number of hydrogen-bond acceptors (Lipinski definition) is 3. The molecule has 0 spiro atoms. The summed E-state index contributed by atoms with van der Waals surface area (Å²) >= 11 is 0. The molecule has 0 unspecified atom stereocenters. The number of sulfonamides is 1. The van der Waals surface area contributed by atoms with E-state index >= 15 is 0 Å². The van der Waals surface area contributed by atoms with Crippen molar-refractivity contribution in [2.24, 2.45) is 0 Å². The first-order valence-corrected chi connectivity index (χ1v) is 10.6. The van der Waals surface area contributed by atoms with Gasteiger partial charge in [0.05, 0.1) is 18.0 Å². The highest BCUT2D eigenvalue weighted by molar-refractivity contribution is 7.89. The van der Waals surface area contributed by atoms with Gasteiger partial charge in [-0.3, -0.25) is 0 Å². The zero-order valence-corrected chi connectivity index (χ0v) is 15.8. The number of nitrogens with zero attached hydrogens (tertiary/aromatic N) is 2. The Labute approximate surface area is 161 Å². The van der Waals surface area contributed by atoms with Gasteiger partial charge in [0.1, 0.15) is 0 Å². The number of anilines is 1. The third-order valence-corrected chi connectivity index (χ3v) is 7.32. The lowest BCUT2D eigenvalue weighted by molar-refractivity contribution is -0.0262. The Kier molecular flexibility index (Phi) is 3.79. The Morgan fingerprint density at radius 2 is 1.75 bits per heavy atom. The van der Waals surface area contributed by atoms with Crippen LogP contribution in [0.4, 0.5) is 14.5 Å². The molecule has 146 valence electrons. The van der Waals surface area contributed by atoms with Crippen molar-refractivity contribution in [2.75, 3.05) is 31.1 Å². The number of halogens is 2. The molecule has 0 amide bonds. The van der Waals surface area contributed by atoms with Crippen LogP contribution in [-0.4, -0.2) is 49.8 Å². The molecule has 8 heteroatoms. The van der Waals surface area contributed by atoms with Gasteiger partial charge in [0, 0.05) is 40.9 Å². The largest absolute Gasteiger partial charge is 0.359 e. The van der Waals surface area contributed by atoms with E-state index in [1.54, 1.807) is 17.0 Å². The van der Waals surface area contributed by atoms with Gasteiger partial charge in [0.25, 0.3) is 5.92 Å². The molecule has 0 aliphatic carbocycles. The summed E-state index contributed by atoms with van der Waals surface area (Å²) in [4.78, 5) is 5.07. The summed E-state index contributed by atoms with van der Waals surface area (Å²) in [5.41, 5.74) is 2.86. The van der Waals surface area contributed by atoms with E-state index in [0.717, 1.165) is 17.3 Å². The molecule has 0 bridgehead atoms. The standard InChI is InChI=1S/C20H19F2N3O2S/c21-20(22)12-24(13-20)19-7-6-15(28(26,27)25-8-3-9-25)11-16(19)18-10-14-4-1-2-5-17(14)23-18/h1-2,4-7,10-11,23H,3,8-9,12-13H2. The molecule has 1 N–H and O–H groups in total. The number of aromatic amines is 1. The maximum atomic E-state index is 13.5. The number of alkyl halides is 2. The minimum absolute atomic E-state index is 0.192. The van der Waals surface area contributed by atoms with Crippen molar-refractivity contribution in [3.63, 3.8) is 0 Å². The minimum atomic E-state index is -3.56. The fourth-order valence-corrected chi connectivity index (χ4v) is 5.29. The average molecular weight is 403 g/mol. The van der Waals surface area contributed by atoms with E-state index in [9.17, 15) is 17.2 Å². The average Bonchev–Trinajstić information content (AvgIpc) is 3.01. The van der Waals surface area contributed by atoms with Gasteiger partial charge in [-0.25, -0.2) is 17.2 Å². The van der Waals surface area contributed by atoms with Gasteiger partial charge in [-0.15, -0.1) is 0 Å². The van der Waals surface area contributed by atoms with E-state index in [1.165, 1.54) is 10.4 Å². The third kappa shape index (κ3) is 2.79. The molecule has 2 saturated heterocycles. The number of aromatic nitrogens is 1. The first-order valence-electron chi connectivity index (χ1n) is 9.19. The van der Waals surface area contributed by atoms with E-state index in [1.807, 2.05) is 30.3 Å². The van der Waals surface area contributed by atoms with Crippen LogP contribution in [-0.2, 0) is 10.0 Å². The third-order valence-electron chi connectivity index (χ3n) is 5.43. The molecular weight excluding hydrogens is 384 g/mol. The van der Waals surface area contributed by atoms with Gasteiger partial charge < -0.3 is 9.88 Å². The number of para-hydroxylation sites is 1. The maximum absolute atomic E-state index is 13.5. The first-order chi connectivity index (χ1) is 13.3. The fraction of sp³-hybridized carbons (Fsp3) is 0.300. The van der Waals surface area contributed by atoms with Crippen LogP contribution in [0.15, 0.2) is 53.4 Å². The van der Waals surface area contributed by atoms with Gasteiger partial charge in [0.15, 0.2) is 0 Å². The first kappa shape index (κ1) is 17.6. The lowest BCUT2D eigenvalue weighted by Gasteiger charge is -2.41. The van der Waals surface area contributed by atoms with E-state index in [0.29, 0.717) is 30.0 Å². The SMILES string of the molecule is O=S(=O)(c1ccc(N2CC(F)(F)C2)c(-c2cc3ccccc3[nH]2)c1)N1CCC1. The van der Waals surface area contributed by atoms with Crippen molar-refractivity contribution >= 4 is 26.6 Å². The summed E-state index contributed by atoms with van der Waals surface area (Å²) < 4.78 is 54.0. The molecule has 0 atom stereocenters. The molecule has 2 aliphatic heterocycles. The van der Waals surface area contributed by atoms with Crippen LogP contribution in [0.5, 0.6) is 0 Å². The van der Waals surface area contributed by atoms with E-state index in [2.05, 4.69) is 4.98 Å². The smallest absolute Gasteiger partial charge is 0.282 e. The van der Waals surface area contributed by atoms with Crippen LogP contribution in [0.25, 0.3) is 22.2 Å². The monoisotopic (exact) mass is 403 g/mol. The molecule has 28 heavy (non-hydrogen) atoms. The number of nitrogens with one attached hydrogen (secondary N) is 1. The molecular formula is C20H19F2N3O2S. The Bertz CT molecular complexity index is 1130. The fourth-order valence-electron chi connectivity index (χ4n) is 3.74. The lowest BCUT2D eigenvalue weighted by atomic mass is 10.0. The molecule has 2 aliphatic rings. The Balaban J connectivity index is 1.63. The normalized spacial score (nSPS) is 19.4. The second kappa shape index (κ2) is 6.02. The molecule has 1 aromatic heterocycles.